The maximum Gasteiger partial charge on any atom is 0.0720 e. The summed E-state index contributed by atoms with van der Waals surface area (Å²) in [5.74, 6) is 2.99. The van der Waals surface area contributed by atoms with Gasteiger partial charge in [-0.1, -0.05) is 188 Å². The highest BCUT2D eigenvalue weighted by molar-refractivity contribution is 6.09. The lowest BCUT2D eigenvalue weighted by Gasteiger charge is -2.65. The van der Waals surface area contributed by atoms with E-state index in [1.807, 2.05) is 0 Å². The molecule has 2 spiro atoms. The summed E-state index contributed by atoms with van der Waals surface area (Å²) in [5, 5.41) is 2.54. The fourth-order valence-electron chi connectivity index (χ4n) is 16.2. The molecule has 0 amide bonds. The number of hydrogen-bond acceptors (Lipinski definition) is 1. The maximum absolute atomic E-state index is 2.66. The Morgan fingerprint density at radius 3 is 1.40 bits per heavy atom. The summed E-state index contributed by atoms with van der Waals surface area (Å²) in [7, 11) is 0. The zero-order chi connectivity index (χ0) is 47.8. The molecule has 6 aliphatic carbocycles. The SMILES string of the molecule is c1ccc(-c2ccc(N(c3ccc(-c4ccccc4-n4c5ccccc5c5ccccc54)cc3)c3ccc4c(c3)C3(c5ccccc5-c5ccccc53)c3ccccc3C43C4C[C@H]5CC3C[C@@H](C4)C5)cc2)cc1. The van der Waals surface area contributed by atoms with Crippen LogP contribution in [0.4, 0.5) is 17.1 Å². The van der Waals surface area contributed by atoms with E-state index >= 15 is 0 Å². The third-order valence-corrected chi connectivity index (χ3v) is 18.7. The molecule has 0 unspecified atom stereocenters. The molecule has 2 heteroatoms. The first-order valence-corrected chi connectivity index (χ1v) is 26.8. The summed E-state index contributed by atoms with van der Waals surface area (Å²) in [4.78, 5) is 2.53. The molecule has 4 bridgehead atoms. The van der Waals surface area contributed by atoms with E-state index in [-0.39, 0.29) is 5.41 Å². The van der Waals surface area contributed by atoms with Crippen LogP contribution in [0.3, 0.4) is 0 Å². The number of anilines is 3. The zero-order valence-corrected chi connectivity index (χ0v) is 40.8. The third-order valence-electron chi connectivity index (χ3n) is 18.7. The van der Waals surface area contributed by atoms with Crippen LogP contribution in [0.15, 0.2) is 243 Å². The summed E-state index contributed by atoms with van der Waals surface area (Å²) in [6.45, 7) is 0. The molecule has 17 rings (SSSR count). The lowest BCUT2D eigenvalue weighted by molar-refractivity contribution is -0.0440. The Hall–Kier alpha value is -8.20. The molecule has 0 N–H and O–H groups in total. The van der Waals surface area contributed by atoms with Crippen molar-refractivity contribution in [1.82, 2.24) is 4.57 Å². The van der Waals surface area contributed by atoms with Gasteiger partial charge in [0.15, 0.2) is 0 Å². The summed E-state index contributed by atoms with van der Waals surface area (Å²) in [5.41, 5.74) is 23.1. The van der Waals surface area contributed by atoms with Crippen molar-refractivity contribution in [1.29, 1.82) is 0 Å². The molecule has 0 radical (unpaired) electrons. The van der Waals surface area contributed by atoms with Crippen LogP contribution in [0.1, 0.15) is 65.5 Å². The third kappa shape index (κ3) is 5.70. The largest absolute Gasteiger partial charge is 0.310 e. The minimum atomic E-state index is -0.474. The summed E-state index contributed by atoms with van der Waals surface area (Å²) >= 11 is 0. The van der Waals surface area contributed by atoms with Crippen molar-refractivity contribution >= 4 is 38.9 Å². The average molecular weight is 935 g/mol. The van der Waals surface area contributed by atoms with Gasteiger partial charge in [-0.15, -0.1) is 0 Å². The van der Waals surface area contributed by atoms with Crippen LogP contribution < -0.4 is 4.90 Å². The Balaban J connectivity index is 0.918. The number of fused-ring (bicyclic) bond motifs is 12. The van der Waals surface area contributed by atoms with E-state index in [2.05, 4.69) is 252 Å². The van der Waals surface area contributed by atoms with Crippen LogP contribution in [0, 0.1) is 23.7 Å². The Kier molecular flexibility index (Phi) is 8.88. The maximum atomic E-state index is 2.66. The van der Waals surface area contributed by atoms with Gasteiger partial charge in [-0.05, 0) is 172 Å². The van der Waals surface area contributed by atoms with Crippen LogP contribution in [0.2, 0.25) is 0 Å². The number of benzene rings is 10. The molecule has 4 saturated carbocycles. The molecule has 348 valence electrons. The van der Waals surface area contributed by atoms with Gasteiger partial charge in [-0.3, -0.25) is 0 Å². The fourth-order valence-corrected chi connectivity index (χ4v) is 16.2. The first kappa shape index (κ1) is 41.4. The van der Waals surface area contributed by atoms with Gasteiger partial charge in [-0.25, -0.2) is 0 Å². The number of nitrogens with zero attached hydrogens (tertiary/aromatic N) is 2. The van der Waals surface area contributed by atoms with E-state index in [1.54, 1.807) is 11.1 Å². The van der Waals surface area contributed by atoms with Gasteiger partial charge in [0, 0.05) is 38.8 Å². The summed E-state index contributed by atoms with van der Waals surface area (Å²) in [6.07, 6.45) is 6.80. The minimum Gasteiger partial charge on any atom is -0.310 e. The quantitative estimate of drug-likeness (QED) is 0.161. The molecular formula is C71H54N2. The van der Waals surface area contributed by atoms with Crippen LogP contribution in [-0.2, 0) is 10.8 Å². The van der Waals surface area contributed by atoms with Gasteiger partial charge in [0.25, 0.3) is 0 Å². The van der Waals surface area contributed by atoms with E-state index in [1.165, 1.54) is 121 Å². The molecular weight excluding hydrogens is 881 g/mol. The molecule has 11 aromatic rings. The van der Waals surface area contributed by atoms with E-state index in [0.717, 1.165) is 23.2 Å². The number of aromatic nitrogens is 1. The smallest absolute Gasteiger partial charge is 0.0720 e. The fraction of sp³-hybridized carbons (Fsp3) is 0.155. The molecule has 1 aromatic heterocycles. The van der Waals surface area contributed by atoms with Crippen LogP contribution in [0.5, 0.6) is 0 Å². The van der Waals surface area contributed by atoms with Gasteiger partial charge < -0.3 is 9.47 Å². The Labute approximate surface area is 427 Å². The van der Waals surface area contributed by atoms with Crippen molar-refractivity contribution in [2.24, 2.45) is 23.7 Å². The first-order chi connectivity index (χ1) is 36.2. The molecule has 0 aliphatic heterocycles. The highest BCUT2D eigenvalue weighted by Gasteiger charge is 2.64. The van der Waals surface area contributed by atoms with Crippen molar-refractivity contribution in [3.05, 3.63) is 276 Å². The summed E-state index contributed by atoms with van der Waals surface area (Å²) < 4.78 is 2.45. The predicted octanol–water partition coefficient (Wildman–Crippen LogP) is 18.0. The van der Waals surface area contributed by atoms with Crippen LogP contribution >= 0.6 is 0 Å². The van der Waals surface area contributed by atoms with Crippen molar-refractivity contribution in [3.63, 3.8) is 0 Å². The van der Waals surface area contributed by atoms with Gasteiger partial charge in [0.05, 0.1) is 22.1 Å². The summed E-state index contributed by atoms with van der Waals surface area (Å²) in [6, 6.07) is 92.3. The van der Waals surface area contributed by atoms with E-state index in [0.29, 0.717) is 11.8 Å². The van der Waals surface area contributed by atoms with Gasteiger partial charge in [0.1, 0.15) is 0 Å². The van der Waals surface area contributed by atoms with Gasteiger partial charge in [0.2, 0.25) is 0 Å². The van der Waals surface area contributed by atoms with E-state index in [9.17, 15) is 0 Å². The van der Waals surface area contributed by atoms with Gasteiger partial charge >= 0.3 is 0 Å². The Morgan fingerprint density at radius 1 is 0.329 bits per heavy atom. The topological polar surface area (TPSA) is 8.17 Å². The van der Waals surface area contributed by atoms with Crippen LogP contribution in [0.25, 0.3) is 60.9 Å². The molecule has 10 aromatic carbocycles. The molecule has 0 saturated heterocycles. The van der Waals surface area contributed by atoms with Crippen molar-refractivity contribution in [3.8, 4) is 39.1 Å². The lowest BCUT2D eigenvalue weighted by atomic mass is 9.38. The average Bonchev–Trinajstić information content (AvgIpc) is 3.94. The Bertz CT molecular complexity index is 3860. The zero-order valence-electron chi connectivity index (χ0n) is 40.8. The van der Waals surface area contributed by atoms with Crippen molar-refractivity contribution in [2.75, 3.05) is 4.90 Å². The normalized spacial score (nSPS) is 21.3. The Morgan fingerprint density at radius 2 is 0.781 bits per heavy atom. The monoisotopic (exact) mass is 934 g/mol. The minimum absolute atomic E-state index is 0.0246. The lowest BCUT2D eigenvalue weighted by Crippen LogP contribution is -2.59. The molecule has 4 fully saturated rings. The van der Waals surface area contributed by atoms with E-state index in [4.69, 9.17) is 0 Å². The second kappa shape index (κ2) is 15.6. The van der Waals surface area contributed by atoms with Gasteiger partial charge in [-0.2, -0.15) is 0 Å². The molecule has 1 heterocycles. The highest BCUT2D eigenvalue weighted by Crippen LogP contribution is 2.71. The van der Waals surface area contributed by atoms with E-state index < -0.39 is 5.41 Å². The highest BCUT2D eigenvalue weighted by atomic mass is 15.1. The standard InChI is InChI=1S/C71H54N2/c1-2-16-48(17-3-1)49-30-34-53(35-31-49)72(54-36-32-50(33-37-54)56-18-6-13-27-67(56)73-68-28-14-7-21-59(68)60-22-8-15-29-69(60)73)55-38-39-65-66(45-55)71(61-23-9-4-19-57(61)58-20-5-10-24-62(58)71)64-26-12-11-25-63(64)70(65)51-41-46-40-47(43-51)44-52(70)42-46/h1-39,45-47,51-52H,40-44H2/t46-,47+,51?,52?,70?. The second-order valence-electron chi connectivity index (χ2n) is 22.0. The van der Waals surface area contributed by atoms with Crippen LogP contribution in [-0.4, -0.2) is 4.57 Å². The predicted molar refractivity (Wildman–Crippen MR) is 301 cm³/mol. The molecule has 6 aliphatic rings. The molecule has 2 nitrogen and oxygen atoms in total. The first-order valence-electron chi connectivity index (χ1n) is 26.8. The van der Waals surface area contributed by atoms with Crippen molar-refractivity contribution < 1.29 is 0 Å². The van der Waals surface area contributed by atoms with Crippen molar-refractivity contribution in [2.45, 2.75) is 42.9 Å². The second-order valence-corrected chi connectivity index (χ2v) is 22.0. The molecule has 73 heavy (non-hydrogen) atoms. The number of rotatable bonds is 6. The molecule has 0 atom stereocenters. The number of hydrogen-bond donors (Lipinski definition) is 0. The number of para-hydroxylation sites is 3.